The first-order valence-corrected chi connectivity index (χ1v) is 22.7. The van der Waals surface area contributed by atoms with Crippen molar-refractivity contribution < 1.29 is 53.2 Å². The fraction of sp³-hybridized carbons (Fsp3) is 0.375. The molecule has 4 unspecified atom stereocenters. The molecule has 4 aliphatic heterocycles. The van der Waals surface area contributed by atoms with Gasteiger partial charge in [-0.25, -0.2) is 0 Å². The van der Waals surface area contributed by atoms with Crippen LogP contribution in [-0.2, 0) is 9.47 Å². The average molecular weight is 992 g/mol. The second-order valence-corrected chi connectivity index (χ2v) is 17.5. The van der Waals surface area contributed by atoms with E-state index in [1.807, 2.05) is 0 Å². The van der Waals surface area contributed by atoms with Gasteiger partial charge >= 0.3 is 0 Å². The Morgan fingerprint density at radius 1 is 0.580 bits per heavy atom. The molecule has 4 aliphatic rings. The summed E-state index contributed by atoms with van der Waals surface area (Å²) in [5, 5.41) is 6.58. The highest BCUT2D eigenvalue weighted by atomic mass is 35.5. The van der Waals surface area contributed by atoms with Crippen LogP contribution >= 0.6 is 23.2 Å². The van der Waals surface area contributed by atoms with Crippen LogP contribution < -0.4 is 31.6 Å². The van der Waals surface area contributed by atoms with Crippen molar-refractivity contribution in [3.63, 3.8) is 0 Å². The van der Waals surface area contributed by atoms with Crippen LogP contribution in [0.15, 0.2) is 72.8 Å². The molecule has 2 saturated heterocycles. The molecule has 4 aromatic rings. The number of anilines is 2. The van der Waals surface area contributed by atoms with Gasteiger partial charge in [-0.3, -0.25) is 48.4 Å². The number of halogens is 2. The maximum atomic E-state index is 12.9. The predicted molar refractivity (Wildman–Crippen MR) is 258 cm³/mol. The van der Waals surface area contributed by atoms with Crippen molar-refractivity contribution >= 4 is 70.0 Å². The van der Waals surface area contributed by atoms with Gasteiger partial charge in [0.2, 0.25) is 0 Å². The normalized spacial score (nSPS) is 20.1. The van der Waals surface area contributed by atoms with Gasteiger partial charge in [0.05, 0.1) is 93.3 Å². The summed E-state index contributed by atoms with van der Waals surface area (Å²) in [4.78, 5) is 83.1. The third kappa shape index (κ3) is 11.3. The molecule has 0 saturated carbocycles. The van der Waals surface area contributed by atoms with Crippen molar-refractivity contribution in [2.75, 3.05) is 92.3 Å². The van der Waals surface area contributed by atoms with E-state index in [9.17, 15) is 28.8 Å². The van der Waals surface area contributed by atoms with Gasteiger partial charge in [0.15, 0.2) is 0 Å². The van der Waals surface area contributed by atoms with Crippen LogP contribution in [-0.4, -0.2) is 166 Å². The molecule has 69 heavy (non-hydrogen) atoms. The van der Waals surface area contributed by atoms with Crippen molar-refractivity contribution in [1.82, 2.24) is 30.2 Å². The van der Waals surface area contributed by atoms with Gasteiger partial charge in [-0.15, -0.1) is 0 Å². The number of nitrogens with zero attached hydrogens (tertiary/aromatic N) is 4. The first-order valence-electron chi connectivity index (χ1n) is 22.0. The van der Waals surface area contributed by atoms with Crippen LogP contribution in [0, 0.1) is 0 Å². The number of methoxy groups -OCH3 is 4. The molecule has 4 heterocycles. The number of nitrogen functional groups attached to an aromatic ring is 2. The van der Waals surface area contributed by atoms with E-state index in [1.54, 1.807) is 62.8 Å². The van der Waals surface area contributed by atoms with E-state index in [-0.39, 0.29) is 75.3 Å². The average Bonchev–Trinajstić information content (AvgIpc) is 3.74. The van der Waals surface area contributed by atoms with Gasteiger partial charge in [0, 0.05) is 78.7 Å². The summed E-state index contributed by atoms with van der Waals surface area (Å²) in [6.45, 7) is 4.07. The molecule has 8 N–H and O–H groups in total. The van der Waals surface area contributed by atoms with Crippen LogP contribution in [0.5, 0.6) is 11.5 Å². The molecule has 0 aliphatic carbocycles. The quantitative estimate of drug-likeness (QED) is 0.105. The second kappa shape index (κ2) is 22.9. The molecule has 6 amide bonds. The lowest BCUT2D eigenvalue weighted by Crippen LogP contribution is -2.55. The zero-order valence-corrected chi connectivity index (χ0v) is 40.1. The molecule has 4 aromatic carbocycles. The summed E-state index contributed by atoms with van der Waals surface area (Å²) < 4.78 is 21.9. The molecule has 2 fully saturated rings. The fourth-order valence-electron chi connectivity index (χ4n) is 8.87. The fourth-order valence-corrected chi connectivity index (χ4v) is 9.19. The van der Waals surface area contributed by atoms with E-state index in [1.165, 1.54) is 48.3 Å². The molecule has 4 atom stereocenters. The summed E-state index contributed by atoms with van der Waals surface area (Å²) in [5.74, 6) is -1.03. The predicted octanol–water partition coefficient (Wildman–Crippen LogP) is 3.27. The van der Waals surface area contributed by atoms with Crippen LogP contribution in [0.4, 0.5) is 11.4 Å². The molecule has 0 aromatic heterocycles. The number of hydrogen-bond donors (Lipinski definition) is 4. The van der Waals surface area contributed by atoms with Crippen molar-refractivity contribution in [3.8, 4) is 11.5 Å². The molecule has 8 rings (SSSR count). The van der Waals surface area contributed by atoms with E-state index in [4.69, 9.17) is 53.6 Å². The number of ether oxygens (including phenoxy) is 4. The number of rotatable bonds is 14. The Kier molecular flexibility index (Phi) is 17.2. The molecule has 368 valence electrons. The van der Waals surface area contributed by atoms with Gasteiger partial charge in [0.25, 0.3) is 35.4 Å². The van der Waals surface area contributed by atoms with E-state index in [0.29, 0.717) is 121 Å². The molecule has 0 spiro atoms. The van der Waals surface area contributed by atoms with Crippen LogP contribution in [0.2, 0.25) is 10.0 Å². The van der Waals surface area contributed by atoms with Gasteiger partial charge < -0.3 is 46.5 Å². The monoisotopic (exact) mass is 990 g/mol. The van der Waals surface area contributed by atoms with Crippen molar-refractivity contribution in [2.45, 2.75) is 37.1 Å². The lowest BCUT2D eigenvalue weighted by Gasteiger charge is -2.38. The highest BCUT2D eigenvalue weighted by Crippen LogP contribution is 2.31. The number of likely N-dealkylation sites (tertiary alicyclic amines) is 2. The molecule has 0 bridgehead atoms. The smallest absolute Gasteiger partial charge is 0.261 e. The number of nitrogens with two attached hydrogens (primary N) is 2. The number of piperidine rings is 2. The number of amides is 6. The summed E-state index contributed by atoms with van der Waals surface area (Å²) in [6, 6.07) is 19.3. The Bertz CT molecular complexity index is 2360. The minimum Gasteiger partial charge on any atom is -0.496 e. The topological polar surface area (TPSA) is 260 Å². The number of carbonyl (C=O) groups is 6. The number of benzene rings is 4. The molecule has 0 radical (unpaired) electrons. The van der Waals surface area contributed by atoms with Crippen LogP contribution in [0.1, 0.15) is 75.0 Å². The van der Waals surface area contributed by atoms with Gasteiger partial charge in [-0.1, -0.05) is 47.5 Å². The van der Waals surface area contributed by atoms with Gasteiger partial charge in [-0.2, -0.15) is 0 Å². The maximum absolute atomic E-state index is 12.9. The van der Waals surface area contributed by atoms with E-state index in [2.05, 4.69) is 20.4 Å². The van der Waals surface area contributed by atoms with Gasteiger partial charge in [-0.05, 0) is 49.2 Å². The Morgan fingerprint density at radius 2 is 0.913 bits per heavy atom. The Labute approximate surface area is 409 Å². The number of nitrogens with one attached hydrogen (secondary N) is 2. The summed E-state index contributed by atoms with van der Waals surface area (Å²) >= 11 is 12.2. The highest BCUT2D eigenvalue weighted by Gasteiger charge is 2.38. The summed E-state index contributed by atoms with van der Waals surface area (Å²) in [6.07, 6.45) is 0.736. The van der Waals surface area contributed by atoms with Crippen molar-refractivity contribution in [1.29, 1.82) is 0 Å². The molecular formula is C48H56Cl2N8O11. The number of carbonyl (C=O) groups excluding carboxylic acids is 6. The maximum Gasteiger partial charge on any atom is 0.261 e. The minimum atomic E-state index is -0.328. The van der Waals surface area contributed by atoms with Crippen molar-refractivity contribution in [3.05, 3.63) is 116 Å². The Morgan fingerprint density at radius 3 is 1.22 bits per heavy atom. The first-order chi connectivity index (χ1) is 32.7. The van der Waals surface area contributed by atoms with Crippen LogP contribution in [0.3, 0.4) is 0 Å². The molecule has 19 nitrogen and oxygen atoms in total. The minimum absolute atomic E-state index is 0. The Balaban J connectivity index is 0.000000224. The van der Waals surface area contributed by atoms with E-state index < -0.39 is 0 Å². The summed E-state index contributed by atoms with van der Waals surface area (Å²) in [5.41, 5.74) is 14.7. The second-order valence-electron chi connectivity index (χ2n) is 16.6. The number of hydrogen-bond acceptors (Lipinski definition) is 14. The first kappa shape index (κ1) is 52.1. The van der Waals surface area contributed by atoms with E-state index >= 15 is 0 Å². The van der Waals surface area contributed by atoms with E-state index in [0.717, 1.165) is 0 Å². The number of fused-ring (bicyclic) bond motifs is 2. The molecular weight excluding hydrogens is 935 g/mol. The third-order valence-corrected chi connectivity index (χ3v) is 13.3. The zero-order valence-electron chi connectivity index (χ0n) is 38.6. The lowest BCUT2D eigenvalue weighted by molar-refractivity contribution is 0.00448. The largest absolute Gasteiger partial charge is 0.496 e. The highest BCUT2D eigenvalue weighted by molar-refractivity contribution is 6.34. The SMILES string of the molecule is COc1cc(N)c(Cl)cc1C(=O)NC1CCN(CCN2C(=O)c3ccccc3C2=O)CC1OC.COc1cc(N)c(Cl)cc1C(=O)NC1CCN(CCN2C(=O)c3ccccc3C2=O)CC1OC.O. The van der Waals surface area contributed by atoms with Crippen molar-refractivity contribution in [2.24, 2.45) is 0 Å². The standard InChI is InChI=1S/2C24H27ClN4O5.H2O/c2*1-33-20-12-18(26)17(25)11-16(20)22(30)27-19-7-8-28(13-21(19)34-2)9-10-29-23(31)14-5-3-4-6-15(14)24(29)32;/h2*3-6,11-12,19,21H,7-10,13,26H2,1-2H3,(H,27,30);1H2. The lowest BCUT2D eigenvalue weighted by atomic mass is 10.0. The van der Waals surface area contributed by atoms with Gasteiger partial charge in [0.1, 0.15) is 11.5 Å². The molecule has 21 heteroatoms. The number of imide groups is 2. The summed E-state index contributed by atoms with van der Waals surface area (Å²) in [7, 11) is 6.12. The zero-order chi connectivity index (χ0) is 48.8. The third-order valence-electron chi connectivity index (χ3n) is 12.7. The Hall–Kier alpha value is -6.32. The van der Waals surface area contributed by atoms with Crippen LogP contribution in [0.25, 0.3) is 0 Å².